The Hall–Kier alpha value is -2.64. The molecule has 0 aliphatic carbocycles. The van der Waals surface area contributed by atoms with Gasteiger partial charge in [0.25, 0.3) is 5.91 Å². The average Bonchev–Trinajstić information content (AvgIpc) is 3.10. The van der Waals surface area contributed by atoms with Gasteiger partial charge in [-0.1, -0.05) is 35.3 Å². The normalized spacial score (nSPS) is 12.0. The zero-order chi connectivity index (χ0) is 18.8. The summed E-state index contributed by atoms with van der Waals surface area (Å²) in [5.41, 5.74) is 1.19. The molecule has 2 N–H and O–H groups in total. The zero-order valence-electron chi connectivity index (χ0n) is 13.4. The van der Waals surface area contributed by atoms with Crippen molar-refractivity contribution < 1.29 is 14.3 Å². The second-order valence-electron chi connectivity index (χ2n) is 5.52. The predicted octanol–water partition coefficient (Wildman–Crippen LogP) is 3.91. The Morgan fingerprint density at radius 2 is 1.85 bits per heavy atom. The molecule has 0 fully saturated rings. The summed E-state index contributed by atoms with van der Waals surface area (Å²) in [4.78, 5) is 16.3. The average molecular weight is 395 g/mol. The van der Waals surface area contributed by atoms with Gasteiger partial charge in [0.15, 0.2) is 5.75 Å². The summed E-state index contributed by atoms with van der Waals surface area (Å²) >= 11 is 11.8. The molecule has 134 valence electrons. The summed E-state index contributed by atoms with van der Waals surface area (Å²) in [5.74, 6) is -1.13. The van der Waals surface area contributed by atoms with Gasteiger partial charge in [-0.2, -0.15) is 0 Å². The molecule has 0 bridgehead atoms. The molecule has 0 radical (unpaired) electrons. The van der Waals surface area contributed by atoms with E-state index in [0.29, 0.717) is 5.69 Å². The molecule has 6 nitrogen and oxygen atoms in total. The van der Waals surface area contributed by atoms with Crippen LogP contribution in [0.15, 0.2) is 42.7 Å². The van der Waals surface area contributed by atoms with Crippen molar-refractivity contribution in [3.05, 3.63) is 70.0 Å². The van der Waals surface area contributed by atoms with Crippen LogP contribution in [0.2, 0.25) is 10.0 Å². The van der Waals surface area contributed by atoms with Crippen LogP contribution in [0.25, 0.3) is 5.69 Å². The van der Waals surface area contributed by atoms with Crippen LogP contribution in [0, 0.1) is 5.82 Å². The summed E-state index contributed by atoms with van der Waals surface area (Å²) in [7, 11) is 0. The van der Waals surface area contributed by atoms with Gasteiger partial charge in [-0.3, -0.25) is 4.79 Å². The summed E-state index contributed by atoms with van der Waals surface area (Å²) < 4.78 is 14.3. The number of benzene rings is 2. The Balaban J connectivity index is 1.77. The number of rotatable bonds is 4. The van der Waals surface area contributed by atoms with Crippen LogP contribution in [-0.4, -0.2) is 25.8 Å². The molecule has 1 amide bonds. The van der Waals surface area contributed by atoms with Gasteiger partial charge in [0.2, 0.25) is 5.82 Å². The maximum atomic E-state index is 13.0. The smallest absolute Gasteiger partial charge is 0.291 e. The number of nitrogens with zero attached hydrogens (tertiary/aromatic N) is 3. The van der Waals surface area contributed by atoms with Crippen molar-refractivity contribution in [1.29, 1.82) is 0 Å². The molecule has 9 heteroatoms. The third-order valence-electron chi connectivity index (χ3n) is 3.68. The second-order valence-corrected chi connectivity index (χ2v) is 6.33. The minimum Gasteiger partial charge on any atom is -0.505 e. The lowest BCUT2D eigenvalue weighted by atomic mass is 10.1. The van der Waals surface area contributed by atoms with E-state index in [4.69, 9.17) is 23.2 Å². The van der Waals surface area contributed by atoms with Crippen molar-refractivity contribution >= 4 is 29.1 Å². The highest BCUT2D eigenvalue weighted by molar-refractivity contribution is 6.37. The van der Waals surface area contributed by atoms with Crippen LogP contribution in [-0.2, 0) is 0 Å². The number of nitrogens with one attached hydrogen (secondary N) is 1. The van der Waals surface area contributed by atoms with Gasteiger partial charge in [-0.15, -0.1) is 5.10 Å². The van der Waals surface area contributed by atoms with Gasteiger partial charge in [0.1, 0.15) is 12.1 Å². The van der Waals surface area contributed by atoms with E-state index < -0.39 is 5.91 Å². The molecule has 1 heterocycles. The van der Waals surface area contributed by atoms with Crippen LogP contribution in [0.5, 0.6) is 5.75 Å². The third-order valence-corrected chi connectivity index (χ3v) is 4.25. The highest BCUT2D eigenvalue weighted by Crippen LogP contribution is 2.33. The summed E-state index contributed by atoms with van der Waals surface area (Å²) in [6.45, 7) is 1.77. The fourth-order valence-electron chi connectivity index (χ4n) is 2.27. The number of carbonyl (C=O) groups excluding carboxylic acids is 1. The van der Waals surface area contributed by atoms with Gasteiger partial charge in [0.05, 0.1) is 21.8 Å². The Morgan fingerprint density at radius 3 is 2.46 bits per heavy atom. The molecular weight excluding hydrogens is 382 g/mol. The van der Waals surface area contributed by atoms with Crippen LogP contribution < -0.4 is 5.32 Å². The lowest BCUT2D eigenvalue weighted by Gasteiger charge is -2.12. The standard InChI is InChI=1S/C17H13Cl2FN4O2/c1-9(10-2-4-11(20)5-3-10)22-17(26)16-21-8-24(23-16)12-6-13(18)15(25)14(19)7-12/h2-9,25H,1H3,(H,22,26). The van der Waals surface area contributed by atoms with E-state index in [0.717, 1.165) is 5.56 Å². The lowest BCUT2D eigenvalue weighted by Crippen LogP contribution is -2.27. The fourth-order valence-corrected chi connectivity index (χ4v) is 2.75. The van der Waals surface area contributed by atoms with Gasteiger partial charge in [0, 0.05) is 0 Å². The molecule has 2 aromatic carbocycles. The monoisotopic (exact) mass is 394 g/mol. The van der Waals surface area contributed by atoms with Crippen LogP contribution in [0.3, 0.4) is 0 Å². The molecule has 0 spiro atoms. The topological polar surface area (TPSA) is 80.0 Å². The van der Waals surface area contributed by atoms with E-state index in [1.54, 1.807) is 19.1 Å². The first-order valence-electron chi connectivity index (χ1n) is 7.51. The number of phenols is 1. The Morgan fingerprint density at radius 1 is 1.23 bits per heavy atom. The fraction of sp³-hybridized carbons (Fsp3) is 0.118. The SMILES string of the molecule is CC(NC(=O)c1ncn(-c2cc(Cl)c(O)c(Cl)c2)n1)c1ccc(F)cc1. The molecule has 1 atom stereocenters. The number of aromatic hydroxyl groups is 1. The van der Waals surface area contributed by atoms with Crippen LogP contribution >= 0.6 is 23.2 Å². The molecule has 1 aromatic heterocycles. The predicted molar refractivity (Wildman–Crippen MR) is 95.3 cm³/mol. The highest BCUT2D eigenvalue weighted by Gasteiger charge is 2.17. The molecule has 0 aliphatic rings. The summed E-state index contributed by atoms with van der Waals surface area (Å²) in [5, 5.41) is 16.5. The van der Waals surface area contributed by atoms with Crippen molar-refractivity contribution in [2.45, 2.75) is 13.0 Å². The van der Waals surface area contributed by atoms with Gasteiger partial charge in [-0.25, -0.2) is 14.1 Å². The zero-order valence-corrected chi connectivity index (χ0v) is 15.0. The minimum atomic E-state index is -0.489. The first kappa shape index (κ1) is 18.2. The Kier molecular flexibility index (Phi) is 5.11. The second kappa shape index (κ2) is 7.31. The molecular formula is C17H13Cl2FN4O2. The molecule has 3 rings (SSSR count). The van der Waals surface area contributed by atoms with Gasteiger partial charge >= 0.3 is 0 Å². The van der Waals surface area contributed by atoms with E-state index in [1.165, 1.54) is 35.3 Å². The van der Waals surface area contributed by atoms with Crippen molar-refractivity contribution in [3.8, 4) is 11.4 Å². The van der Waals surface area contributed by atoms with E-state index in [9.17, 15) is 14.3 Å². The number of aromatic nitrogens is 3. The molecule has 1 unspecified atom stereocenters. The first-order valence-corrected chi connectivity index (χ1v) is 8.27. The van der Waals surface area contributed by atoms with Crippen molar-refractivity contribution in [2.24, 2.45) is 0 Å². The van der Waals surface area contributed by atoms with Crippen molar-refractivity contribution in [2.75, 3.05) is 0 Å². The number of hydrogen-bond donors (Lipinski definition) is 2. The Bertz CT molecular complexity index is 937. The molecule has 0 saturated carbocycles. The molecule has 26 heavy (non-hydrogen) atoms. The molecule has 0 aliphatic heterocycles. The van der Waals surface area contributed by atoms with Crippen LogP contribution in [0.1, 0.15) is 29.1 Å². The molecule has 0 saturated heterocycles. The summed E-state index contributed by atoms with van der Waals surface area (Å²) in [6, 6.07) is 8.36. The van der Waals surface area contributed by atoms with Crippen LogP contribution in [0.4, 0.5) is 4.39 Å². The van der Waals surface area contributed by atoms with E-state index in [1.807, 2.05) is 0 Å². The third kappa shape index (κ3) is 3.79. The number of halogens is 3. The number of carbonyl (C=O) groups is 1. The van der Waals surface area contributed by atoms with Gasteiger partial charge in [-0.05, 0) is 36.8 Å². The first-order chi connectivity index (χ1) is 12.3. The van der Waals surface area contributed by atoms with Gasteiger partial charge < -0.3 is 10.4 Å². The summed E-state index contributed by atoms with van der Waals surface area (Å²) in [6.07, 6.45) is 1.33. The number of hydrogen-bond acceptors (Lipinski definition) is 4. The van der Waals surface area contributed by atoms with Crippen molar-refractivity contribution in [1.82, 2.24) is 20.1 Å². The lowest BCUT2D eigenvalue weighted by molar-refractivity contribution is 0.0929. The number of phenolic OH excluding ortho intramolecular Hbond substituents is 1. The van der Waals surface area contributed by atoms with Crippen molar-refractivity contribution in [3.63, 3.8) is 0 Å². The Labute approximate surface area is 158 Å². The van der Waals surface area contributed by atoms with E-state index >= 15 is 0 Å². The maximum Gasteiger partial charge on any atom is 0.291 e. The number of amides is 1. The molecule has 3 aromatic rings. The minimum absolute atomic E-state index is 0.0546. The highest BCUT2D eigenvalue weighted by atomic mass is 35.5. The maximum absolute atomic E-state index is 13.0. The van der Waals surface area contributed by atoms with E-state index in [2.05, 4.69) is 15.4 Å². The quantitative estimate of drug-likeness (QED) is 0.702. The van der Waals surface area contributed by atoms with E-state index in [-0.39, 0.29) is 33.5 Å². The largest absolute Gasteiger partial charge is 0.505 e.